The van der Waals surface area contributed by atoms with E-state index in [1.165, 1.54) is 11.3 Å². The Morgan fingerprint density at radius 1 is 1.08 bits per heavy atom. The van der Waals surface area contributed by atoms with E-state index >= 15 is 0 Å². The average Bonchev–Trinajstić information content (AvgIpc) is 3.74. The smallest absolute Gasteiger partial charge is 0.307 e. The van der Waals surface area contributed by atoms with Gasteiger partial charge in [-0.1, -0.05) is 78.9 Å². The zero-order valence-corrected chi connectivity index (χ0v) is 21.4. The number of amides is 1. The van der Waals surface area contributed by atoms with E-state index < -0.39 is 17.8 Å². The number of aromatic amines is 1. The van der Waals surface area contributed by atoms with Crippen LogP contribution in [0.5, 0.6) is 0 Å². The van der Waals surface area contributed by atoms with Gasteiger partial charge in [0.2, 0.25) is 10.6 Å². The first-order valence-electron chi connectivity index (χ1n) is 12.5. The highest BCUT2D eigenvalue weighted by molar-refractivity contribution is 7.08. The van der Waals surface area contributed by atoms with Crippen molar-refractivity contribution in [1.82, 2.24) is 30.4 Å². The van der Waals surface area contributed by atoms with Gasteiger partial charge in [-0.25, -0.2) is 4.68 Å². The van der Waals surface area contributed by atoms with Crippen molar-refractivity contribution in [2.24, 2.45) is 28.7 Å². The van der Waals surface area contributed by atoms with E-state index in [9.17, 15) is 14.7 Å². The highest BCUT2D eigenvalue weighted by Crippen LogP contribution is 2.48. The molecular formula is C27H25N7O3S. The lowest BCUT2D eigenvalue weighted by Gasteiger charge is -2.21. The quantitative estimate of drug-likeness (QED) is 0.351. The molecule has 2 aromatic heterocycles. The van der Waals surface area contributed by atoms with Gasteiger partial charge in [-0.3, -0.25) is 9.59 Å². The van der Waals surface area contributed by atoms with Crippen LogP contribution in [0.2, 0.25) is 0 Å². The lowest BCUT2D eigenvalue weighted by molar-refractivity contribution is -0.147. The highest BCUT2D eigenvalue weighted by Gasteiger charge is 2.51. The molecule has 11 heteroatoms. The number of nitrogens with zero attached hydrogens (tertiary/aromatic N) is 6. The molecule has 2 unspecified atom stereocenters. The number of hydrogen-bond acceptors (Lipinski definition) is 7. The average molecular weight is 528 g/mol. The maximum Gasteiger partial charge on any atom is 0.307 e. The van der Waals surface area contributed by atoms with Crippen LogP contribution in [0.3, 0.4) is 0 Å². The van der Waals surface area contributed by atoms with Gasteiger partial charge in [0.15, 0.2) is 0 Å². The summed E-state index contributed by atoms with van der Waals surface area (Å²) in [5.74, 6) is -2.26. The van der Waals surface area contributed by atoms with Crippen molar-refractivity contribution >= 4 is 23.2 Å². The molecule has 0 aliphatic heterocycles. The number of fused-ring (bicyclic) bond motifs is 2. The predicted molar refractivity (Wildman–Crippen MR) is 140 cm³/mol. The summed E-state index contributed by atoms with van der Waals surface area (Å²) in [5.41, 5.74) is 3.88. The molecule has 2 N–H and O–H groups in total. The number of allylic oxidation sites excluding steroid dienone is 2. The summed E-state index contributed by atoms with van der Waals surface area (Å²) >= 11 is 1.37. The minimum absolute atomic E-state index is 0.0627. The second-order valence-corrected chi connectivity index (χ2v) is 10.6. The van der Waals surface area contributed by atoms with E-state index in [0.717, 1.165) is 33.7 Å². The molecule has 2 bridgehead atoms. The van der Waals surface area contributed by atoms with Gasteiger partial charge in [0.25, 0.3) is 5.91 Å². The van der Waals surface area contributed by atoms with Crippen LogP contribution < -0.4 is 4.80 Å². The van der Waals surface area contributed by atoms with E-state index in [2.05, 4.69) is 30.7 Å². The molecule has 4 aromatic rings. The number of H-pyrrole nitrogens is 1. The zero-order chi connectivity index (χ0) is 26.2. The van der Waals surface area contributed by atoms with E-state index in [4.69, 9.17) is 0 Å². The van der Waals surface area contributed by atoms with Gasteiger partial charge in [0.1, 0.15) is 5.01 Å². The maximum absolute atomic E-state index is 13.2. The van der Waals surface area contributed by atoms with Crippen molar-refractivity contribution < 1.29 is 14.7 Å². The van der Waals surface area contributed by atoms with Crippen molar-refractivity contribution in [3.8, 4) is 22.5 Å². The third kappa shape index (κ3) is 4.38. The number of nitrogens with one attached hydrogen (secondary N) is 1. The minimum atomic E-state index is -0.928. The lowest BCUT2D eigenvalue weighted by Crippen LogP contribution is -2.33. The molecule has 0 spiro atoms. The fourth-order valence-corrected chi connectivity index (χ4v) is 6.36. The second kappa shape index (κ2) is 9.90. The Bertz CT molecular complexity index is 1590. The summed E-state index contributed by atoms with van der Waals surface area (Å²) in [6.45, 7) is 2.44. The Morgan fingerprint density at radius 2 is 1.82 bits per heavy atom. The first kappa shape index (κ1) is 24.1. The van der Waals surface area contributed by atoms with Gasteiger partial charge in [-0.05, 0) is 46.6 Å². The number of aliphatic carboxylic acids is 1. The number of aryl methyl sites for hydroxylation is 1. The Kier molecular flexibility index (Phi) is 6.28. The molecule has 10 nitrogen and oxygen atoms in total. The normalized spacial score (nSPS) is 22.3. The van der Waals surface area contributed by atoms with E-state index in [0.29, 0.717) is 23.6 Å². The van der Waals surface area contributed by atoms with Crippen LogP contribution in [0.25, 0.3) is 22.5 Å². The number of rotatable bonds is 7. The SMILES string of the molecule is CCc1nn(Cc2ccc(-c3ccccc3-c3nn[nH]n3)cc2)c(=NC(=O)[C@H]2C3C=CC(C3)[C@H]2C(=O)O)s1. The Morgan fingerprint density at radius 3 is 2.50 bits per heavy atom. The highest BCUT2D eigenvalue weighted by atomic mass is 32.1. The first-order chi connectivity index (χ1) is 18.5. The van der Waals surface area contributed by atoms with E-state index in [1.54, 1.807) is 4.68 Å². The van der Waals surface area contributed by atoms with Crippen LogP contribution in [0.1, 0.15) is 23.9 Å². The summed E-state index contributed by atoms with van der Waals surface area (Å²) in [7, 11) is 0. The van der Waals surface area contributed by atoms with Crippen LogP contribution in [0.4, 0.5) is 0 Å². The van der Waals surface area contributed by atoms with Crippen LogP contribution in [0.15, 0.2) is 65.7 Å². The number of aromatic nitrogens is 6. The zero-order valence-electron chi connectivity index (χ0n) is 20.6. The van der Waals surface area contributed by atoms with Crippen LogP contribution in [-0.4, -0.2) is 47.4 Å². The number of carbonyl (C=O) groups is 2. The molecule has 0 radical (unpaired) electrons. The van der Waals surface area contributed by atoms with Crippen molar-refractivity contribution in [3.05, 3.63) is 76.1 Å². The summed E-state index contributed by atoms with van der Waals surface area (Å²) in [4.78, 5) is 30.0. The van der Waals surface area contributed by atoms with Gasteiger partial charge in [-0.15, -0.1) is 10.2 Å². The molecule has 2 aliphatic carbocycles. The van der Waals surface area contributed by atoms with Gasteiger partial charge >= 0.3 is 5.97 Å². The molecule has 0 saturated heterocycles. The number of tetrazole rings is 1. The molecule has 1 saturated carbocycles. The van der Waals surface area contributed by atoms with Crippen LogP contribution >= 0.6 is 11.3 Å². The summed E-state index contributed by atoms with van der Waals surface area (Å²) in [6, 6.07) is 16.0. The molecule has 38 heavy (non-hydrogen) atoms. The second-order valence-electron chi connectivity index (χ2n) is 9.56. The third-order valence-electron chi connectivity index (χ3n) is 7.31. The van der Waals surface area contributed by atoms with Crippen LogP contribution in [0, 0.1) is 23.7 Å². The van der Waals surface area contributed by atoms with E-state index in [1.807, 2.05) is 67.6 Å². The van der Waals surface area contributed by atoms with Crippen molar-refractivity contribution in [2.75, 3.05) is 0 Å². The Balaban J connectivity index is 1.27. The van der Waals surface area contributed by atoms with Gasteiger partial charge in [-0.2, -0.15) is 15.3 Å². The molecule has 2 heterocycles. The maximum atomic E-state index is 13.2. The van der Waals surface area contributed by atoms with Crippen LogP contribution in [-0.2, 0) is 22.6 Å². The van der Waals surface area contributed by atoms with Crippen molar-refractivity contribution in [2.45, 2.75) is 26.3 Å². The first-order valence-corrected chi connectivity index (χ1v) is 13.3. The van der Waals surface area contributed by atoms with Gasteiger partial charge in [0.05, 0.1) is 18.4 Å². The number of benzene rings is 2. The standard InChI is InChI=1S/C27H25N7O3S/c1-2-21-31-34(27(38-21)28-25(35)22-17-11-12-18(13-17)23(22)26(36)37)14-15-7-9-16(10-8-15)19-5-3-4-6-20(19)24-29-32-33-30-24/h3-12,17-18,22-23H,2,13-14H2,1H3,(H,36,37)(H,29,30,32,33)/t17?,18?,22-,23+/m0/s1. The molecular weight excluding hydrogens is 502 g/mol. The summed E-state index contributed by atoms with van der Waals surface area (Å²) < 4.78 is 1.74. The predicted octanol–water partition coefficient (Wildman–Crippen LogP) is 3.35. The molecule has 1 fully saturated rings. The summed E-state index contributed by atoms with van der Waals surface area (Å²) in [5, 5.41) is 29.7. The number of carboxylic acid groups (broad SMARTS) is 1. The number of hydrogen-bond donors (Lipinski definition) is 2. The molecule has 6 rings (SSSR count). The molecule has 1 amide bonds. The van der Waals surface area contributed by atoms with Crippen molar-refractivity contribution in [3.63, 3.8) is 0 Å². The fourth-order valence-electron chi connectivity index (χ4n) is 5.52. The largest absolute Gasteiger partial charge is 0.481 e. The monoisotopic (exact) mass is 527 g/mol. The Labute approximate surface area is 221 Å². The number of carbonyl (C=O) groups excluding carboxylic acids is 1. The molecule has 192 valence electrons. The fraction of sp³-hybridized carbons (Fsp3) is 0.296. The molecule has 2 aliphatic rings. The molecule has 4 atom stereocenters. The van der Waals surface area contributed by atoms with Gasteiger partial charge < -0.3 is 5.11 Å². The number of carboxylic acids is 1. The third-order valence-corrected chi connectivity index (χ3v) is 8.40. The Hall–Kier alpha value is -4.25. The lowest BCUT2D eigenvalue weighted by atomic mass is 9.82. The minimum Gasteiger partial charge on any atom is -0.481 e. The van der Waals surface area contributed by atoms with E-state index in [-0.39, 0.29) is 17.7 Å². The van der Waals surface area contributed by atoms with Crippen molar-refractivity contribution in [1.29, 1.82) is 0 Å². The van der Waals surface area contributed by atoms with Gasteiger partial charge in [0, 0.05) is 5.56 Å². The topological polar surface area (TPSA) is 139 Å². The summed E-state index contributed by atoms with van der Waals surface area (Å²) in [6.07, 6.45) is 5.32. The molecule has 2 aromatic carbocycles.